The molecule has 0 radical (unpaired) electrons. The minimum atomic E-state index is 0.294. The summed E-state index contributed by atoms with van der Waals surface area (Å²) in [5.41, 5.74) is 2.85. The van der Waals surface area contributed by atoms with E-state index < -0.39 is 0 Å². The second-order valence-electron chi connectivity index (χ2n) is 3.64. The number of hydrogen-bond acceptors (Lipinski definition) is 5. The summed E-state index contributed by atoms with van der Waals surface area (Å²) in [7, 11) is 0. The van der Waals surface area contributed by atoms with E-state index in [0.717, 1.165) is 17.9 Å². The highest BCUT2D eigenvalue weighted by Crippen LogP contribution is 2.16. The van der Waals surface area contributed by atoms with Crippen LogP contribution in [-0.2, 0) is 13.0 Å². The molecule has 0 amide bonds. The molecule has 0 fully saturated rings. The van der Waals surface area contributed by atoms with Gasteiger partial charge in [0.2, 0.25) is 0 Å². The lowest BCUT2D eigenvalue weighted by Crippen LogP contribution is -2.16. The first kappa shape index (κ1) is 11.3. The van der Waals surface area contributed by atoms with Gasteiger partial charge in [0.15, 0.2) is 5.76 Å². The predicted molar refractivity (Wildman–Crippen MR) is 63.2 cm³/mol. The summed E-state index contributed by atoms with van der Waals surface area (Å²) in [6.45, 7) is 4.88. The summed E-state index contributed by atoms with van der Waals surface area (Å²) < 4.78 is 5.20. The zero-order valence-corrected chi connectivity index (χ0v) is 10.3. The molecule has 1 atom stereocenters. The van der Waals surface area contributed by atoms with Gasteiger partial charge < -0.3 is 9.84 Å². The quantitative estimate of drug-likeness (QED) is 0.868. The first-order valence-electron chi connectivity index (χ1n) is 5.36. The Kier molecular flexibility index (Phi) is 3.69. The largest absolute Gasteiger partial charge is 0.360 e. The van der Waals surface area contributed by atoms with Crippen molar-refractivity contribution >= 4 is 11.3 Å². The molecule has 0 saturated carbocycles. The Balaban J connectivity index is 1.87. The molecule has 0 saturated heterocycles. The minimum Gasteiger partial charge on any atom is -0.360 e. The normalized spacial score (nSPS) is 12.9. The Morgan fingerprint density at radius 3 is 3.06 bits per heavy atom. The van der Waals surface area contributed by atoms with Gasteiger partial charge in [0.25, 0.3) is 0 Å². The van der Waals surface area contributed by atoms with Crippen LogP contribution in [0.25, 0.3) is 0 Å². The summed E-state index contributed by atoms with van der Waals surface area (Å²) in [5.74, 6) is 0.883. The zero-order valence-electron chi connectivity index (χ0n) is 9.43. The van der Waals surface area contributed by atoms with E-state index in [-0.39, 0.29) is 0 Å². The van der Waals surface area contributed by atoms with Gasteiger partial charge in [0.1, 0.15) is 0 Å². The lowest BCUT2D eigenvalue weighted by Gasteiger charge is -2.09. The van der Waals surface area contributed by atoms with Crippen LogP contribution >= 0.6 is 11.3 Å². The van der Waals surface area contributed by atoms with E-state index >= 15 is 0 Å². The third-order valence-corrected chi connectivity index (χ3v) is 3.39. The molecule has 86 valence electrons. The summed E-state index contributed by atoms with van der Waals surface area (Å²) in [6, 6.07) is 2.29. The van der Waals surface area contributed by atoms with E-state index in [1.165, 1.54) is 4.88 Å². The van der Waals surface area contributed by atoms with Gasteiger partial charge in [-0.25, -0.2) is 0 Å². The number of nitrogens with one attached hydrogen (secondary N) is 1. The van der Waals surface area contributed by atoms with Crippen LogP contribution in [0.4, 0.5) is 0 Å². The Morgan fingerprint density at radius 1 is 1.56 bits per heavy atom. The second kappa shape index (κ2) is 5.23. The fourth-order valence-electron chi connectivity index (χ4n) is 1.40. The number of rotatable bonds is 5. The van der Waals surface area contributed by atoms with Crippen LogP contribution in [0.5, 0.6) is 0 Å². The summed E-state index contributed by atoms with van der Waals surface area (Å²) >= 11 is 1.66. The lowest BCUT2D eigenvalue weighted by molar-refractivity contribution is 0.362. The highest BCUT2D eigenvalue weighted by atomic mass is 32.1. The molecule has 2 heterocycles. The number of nitrogens with zero attached hydrogens (tertiary/aromatic N) is 2. The molecule has 4 nitrogen and oxygen atoms in total. The zero-order chi connectivity index (χ0) is 11.4. The van der Waals surface area contributed by atoms with E-state index in [9.17, 15) is 0 Å². The van der Waals surface area contributed by atoms with Crippen molar-refractivity contribution in [2.24, 2.45) is 0 Å². The van der Waals surface area contributed by atoms with Crippen LogP contribution in [0.15, 0.2) is 22.3 Å². The molecular formula is C11H15N3OS. The Labute approximate surface area is 98.7 Å². The molecule has 1 unspecified atom stereocenters. The molecule has 2 aromatic heterocycles. The highest BCUT2D eigenvalue weighted by molar-refractivity contribution is 7.09. The van der Waals surface area contributed by atoms with Crippen molar-refractivity contribution in [2.45, 2.75) is 32.9 Å². The first-order valence-corrected chi connectivity index (χ1v) is 6.23. The van der Waals surface area contributed by atoms with E-state index in [4.69, 9.17) is 4.52 Å². The lowest BCUT2D eigenvalue weighted by atomic mass is 10.2. The molecule has 0 bridgehead atoms. The SMILES string of the molecule is CCc1cc(CNC(C)c2cncs2)on1. The van der Waals surface area contributed by atoms with Gasteiger partial charge in [0, 0.05) is 23.2 Å². The third-order valence-electron chi connectivity index (χ3n) is 2.43. The molecule has 2 rings (SSSR count). The average molecular weight is 237 g/mol. The molecule has 0 aliphatic rings. The van der Waals surface area contributed by atoms with Gasteiger partial charge in [-0.2, -0.15) is 0 Å². The van der Waals surface area contributed by atoms with Crippen molar-refractivity contribution in [2.75, 3.05) is 0 Å². The number of aryl methyl sites for hydroxylation is 1. The molecule has 2 aromatic rings. The van der Waals surface area contributed by atoms with E-state index in [2.05, 4.69) is 29.3 Å². The monoisotopic (exact) mass is 237 g/mol. The van der Waals surface area contributed by atoms with Gasteiger partial charge in [-0.1, -0.05) is 12.1 Å². The summed E-state index contributed by atoms with van der Waals surface area (Å²) in [4.78, 5) is 5.29. The topological polar surface area (TPSA) is 51.0 Å². The Hall–Kier alpha value is -1.20. The van der Waals surface area contributed by atoms with Crippen molar-refractivity contribution in [1.29, 1.82) is 0 Å². The first-order chi connectivity index (χ1) is 7.79. The molecule has 0 aliphatic heterocycles. The number of hydrogen-bond donors (Lipinski definition) is 1. The van der Waals surface area contributed by atoms with Crippen LogP contribution in [0, 0.1) is 0 Å². The van der Waals surface area contributed by atoms with Gasteiger partial charge >= 0.3 is 0 Å². The summed E-state index contributed by atoms with van der Waals surface area (Å²) in [5, 5.41) is 7.33. The summed E-state index contributed by atoms with van der Waals surface area (Å²) in [6.07, 6.45) is 2.80. The van der Waals surface area contributed by atoms with Crippen molar-refractivity contribution in [1.82, 2.24) is 15.5 Å². The molecule has 16 heavy (non-hydrogen) atoms. The standard InChI is InChI=1S/C11H15N3OS/c1-3-9-4-10(15-14-9)5-13-8(2)11-6-12-7-16-11/h4,6-8,13H,3,5H2,1-2H3. The van der Waals surface area contributed by atoms with Crippen LogP contribution in [-0.4, -0.2) is 10.1 Å². The van der Waals surface area contributed by atoms with Crippen LogP contribution in [0.2, 0.25) is 0 Å². The Morgan fingerprint density at radius 2 is 2.44 bits per heavy atom. The van der Waals surface area contributed by atoms with Crippen molar-refractivity contribution in [3.63, 3.8) is 0 Å². The van der Waals surface area contributed by atoms with E-state index in [0.29, 0.717) is 12.6 Å². The maximum Gasteiger partial charge on any atom is 0.150 e. The van der Waals surface area contributed by atoms with Crippen LogP contribution < -0.4 is 5.32 Å². The van der Waals surface area contributed by atoms with Crippen LogP contribution in [0.1, 0.15) is 36.2 Å². The predicted octanol–water partition coefficient (Wildman–Crippen LogP) is 2.54. The average Bonchev–Trinajstić information content (AvgIpc) is 2.96. The van der Waals surface area contributed by atoms with E-state index in [1.54, 1.807) is 11.3 Å². The van der Waals surface area contributed by atoms with Crippen LogP contribution in [0.3, 0.4) is 0 Å². The van der Waals surface area contributed by atoms with Gasteiger partial charge in [-0.05, 0) is 13.3 Å². The molecule has 5 heteroatoms. The molecule has 0 aliphatic carbocycles. The van der Waals surface area contributed by atoms with E-state index in [1.807, 2.05) is 17.8 Å². The number of thiazole rings is 1. The maximum absolute atomic E-state index is 5.20. The maximum atomic E-state index is 5.20. The van der Waals surface area contributed by atoms with Crippen molar-refractivity contribution < 1.29 is 4.52 Å². The number of aromatic nitrogens is 2. The molecule has 0 aromatic carbocycles. The third kappa shape index (κ3) is 2.68. The molecule has 1 N–H and O–H groups in total. The minimum absolute atomic E-state index is 0.294. The smallest absolute Gasteiger partial charge is 0.150 e. The van der Waals surface area contributed by atoms with Crippen molar-refractivity contribution in [3.8, 4) is 0 Å². The molecular weight excluding hydrogens is 222 g/mol. The Bertz CT molecular complexity index is 424. The van der Waals surface area contributed by atoms with Crippen molar-refractivity contribution in [3.05, 3.63) is 34.1 Å². The molecule has 0 spiro atoms. The fraction of sp³-hybridized carbons (Fsp3) is 0.455. The highest BCUT2D eigenvalue weighted by Gasteiger charge is 2.08. The van der Waals surface area contributed by atoms with Gasteiger partial charge in [-0.3, -0.25) is 4.98 Å². The second-order valence-corrected chi connectivity index (χ2v) is 4.56. The van der Waals surface area contributed by atoms with Gasteiger partial charge in [0.05, 0.1) is 17.7 Å². The fourth-order valence-corrected chi connectivity index (χ4v) is 2.05. The van der Waals surface area contributed by atoms with Gasteiger partial charge in [-0.15, -0.1) is 11.3 Å².